The van der Waals surface area contributed by atoms with Crippen molar-refractivity contribution in [2.24, 2.45) is 0 Å². The Balaban J connectivity index is 2.04. The summed E-state index contributed by atoms with van der Waals surface area (Å²) in [6, 6.07) is 4.74. The molecule has 0 aliphatic rings. The molecule has 20 heavy (non-hydrogen) atoms. The van der Waals surface area contributed by atoms with Crippen LogP contribution in [0.15, 0.2) is 35.5 Å². The molecule has 0 unspecified atom stereocenters. The van der Waals surface area contributed by atoms with Crippen LogP contribution in [0.4, 0.5) is 5.69 Å². The van der Waals surface area contributed by atoms with Gasteiger partial charge >= 0.3 is 0 Å². The van der Waals surface area contributed by atoms with Crippen molar-refractivity contribution >= 4 is 15.7 Å². The average molecular weight is 294 g/mol. The largest absolute Gasteiger partial charge is 0.399 e. The number of nitrogen functional groups attached to an aromatic ring is 1. The van der Waals surface area contributed by atoms with Crippen molar-refractivity contribution in [2.45, 2.75) is 25.3 Å². The van der Waals surface area contributed by atoms with Crippen LogP contribution in [0.1, 0.15) is 11.1 Å². The quantitative estimate of drug-likeness (QED) is 0.807. The zero-order valence-corrected chi connectivity index (χ0v) is 12.3. The Morgan fingerprint density at radius 2 is 2.10 bits per heavy atom. The normalized spacial score (nSPS) is 11.7. The topological polar surface area (TPSA) is 90.0 Å². The number of nitrogens with one attached hydrogen (secondary N) is 1. The van der Waals surface area contributed by atoms with E-state index in [1.54, 1.807) is 29.9 Å². The summed E-state index contributed by atoms with van der Waals surface area (Å²) in [7, 11) is -3.52. The second-order valence-electron chi connectivity index (χ2n) is 4.70. The summed E-state index contributed by atoms with van der Waals surface area (Å²) in [5.74, 6) is 0. The molecule has 1 aromatic carbocycles. The van der Waals surface area contributed by atoms with Crippen LogP contribution in [-0.4, -0.2) is 24.7 Å². The fourth-order valence-corrected chi connectivity index (χ4v) is 3.18. The van der Waals surface area contributed by atoms with E-state index in [0.29, 0.717) is 17.8 Å². The molecule has 1 aromatic heterocycles. The SMILES string of the molecule is Cc1cnn(CCNS(=O)(=O)c2ccc(N)cc2C)c1. The molecule has 0 fully saturated rings. The number of aromatic nitrogens is 2. The molecule has 0 spiro atoms. The van der Waals surface area contributed by atoms with Crippen molar-refractivity contribution in [3.05, 3.63) is 41.7 Å². The van der Waals surface area contributed by atoms with E-state index in [9.17, 15) is 8.42 Å². The Hall–Kier alpha value is -1.86. The van der Waals surface area contributed by atoms with Crippen molar-refractivity contribution in [3.63, 3.8) is 0 Å². The van der Waals surface area contributed by atoms with E-state index >= 15 is 0 Å². The van der Waals surface area contributed by atoms with E-state index in [-0.39, 0.29) is 11.4 Å². The molecule has 0 aliphatic heterocycles. The molecule has 0 amide bonds. The third-order valence-corrected chi connectivity index (χ3v) is 4.51. The number of hydrogen-bond acceptors (Lipinski definition) is 4. The summed E-state index contributed by atoms with van der Waals surface area (Å²) >= 11 is 0. The van der Waals surface area contributed by atoms with Crippen LogP contribution in [0.2, 0.25) is 0 Å². The highest BCUT2D eigenvalue weighted by atomic mass is 32.2. The Kier molecular flexibility index (Phi) is 4.10. The van der Waals surface area contributed by atoms with Crippen LogP contribution in [-0.2, 0) is 16.6 Å². The lowest BCUT2D eigenvalue weighted by Gasteiger charge is -2.10. The summed E-state index contributed by atoms with van der Waals surface area (Å²) in [4.78, 5) is 0.253. The predicted octanol–water partition coefficient (Wildman–Crippen LogP) is 1.06. The maximum Gasteiger partial charge on any atom is 0.240 e. The van der Waals surface area contributed by atoms with Gasteiger partial charge in [-0.25, -0.2) is 13.1 Å². The summed E-state index contributed by atoms with van der Waals surface area (Å²) < 4.78 is 28.6. The summed E-state index contributed by atoms with van der Waals surface area (Å²) in [6.45, 7) is 4.43. The van der Waals surface area contributed by atoms with E-state index in [2.05, 4.69) is 9.82 Å². The Bertz CT molecular complexity index is 707. The van der Waals surface area contributed by atoms with E-state index in [4.69, 9.17) is 5.73 Å². The number of nitrogens with two attached hydrogens (primary N) is 1. The van der Waals surface area contributed by atoms with Gasteiger partial charge in [0.2, 0.25) is 10.0 Å². The van der Waals surface area contributed by atoms with Crippen molar-refractivity contribution in [1.29, 1.82) is 0 Å². The zero-order valence-electron chi connectivity index (χ0n) is 11.5. The van der Waals surface area contributed by atoms with Crippen LogP contribution < -0.4 is 10.5 Å². The summed E-state index contributed by atoms with van der Waals surface area (Å²) in [5.41, 5.74) is 7.85. The smallest absolute Gasteiger partial charge is 0.240 e. The third-order valence-electron chi connectivity index (χ3n) is 2.88. The van der Waals surface area contributed by atoms with Crippen molar-refractivity contribution in [3.8, 4) is 0 Å². The van der Waals surface area contributed by atoms with Gasteiger partial charge < -0.3 is 5.73 Å². The second-order valence-corrected chi connectivity index (χ2v) is 6.44. The minimum atomic E-state index is -3.52. The van der Waals surface area contributed by atoms with Gasteiger partial charge in [-0.2, -0.15) is 5.10 Å². The molecule has 2 rings (SSSR count). The molecule has 2 aromatic rings. The molecule has 3 N–H and O–H groups in total. The number of aryl methyl sites for hydroxylation is 2. The molecule has 108 valence electrons. The molecule has 0 bridgehead atoms. The zero-order chi connectivity index (χ0) is 14.8. The lowest BCUT2D eigenvalue weighted by molar-refractivity contribution is 0.560. The van der Waals surface area contributed by atoms with Gasteiger partial charge in [0.1, 0.15) is 0 Å². The average Bonchev–Trinajstić information content (AvgIpc) is 2.74. The van der Waals surface area contributed by atoms with Gasteiger partial charge in [0.05, 0.1) is 17.6 Å². The first-order chi connectivity index (χ1) is 9.38. The lowest BCUT2D eigenvalue weighted by Crippen LogP contribution is -2.28. The fraction of sp³-hybridized carbons (Fsp3) is 0.308. The van der Waals surface area contributed by atoms with Gasteiger partial charge in [-0.05, 0) is 43.2 Å². The van der Waals surface area contributed by atoms with Gasteiger partial charge in [0.15, 0.2) is 0 Å². The van der Waals surface area contributed by atoms with Gasteiger partial charge in [0, 0.05) is 18.4 Å². The fourth-order valence-electron chi connectivity index (χ4n) is 1.94. The molecule has 6 nitrogen and oxygen atoms in total. The van der Waals surface area contributed by atoms with Gasteiger partial charge in [-0.15, -0.1) is 0 Å². The molecular formula is C13H18N4O2S. The first-order valence-electron chi connectivity index (χ1n) is 6.23. The molecule has 7 heteroatoms. The first-order valence-corrected chi connectivity index (χ1v) is 7.71. The number of rotatable bonds is 5. The summed E-state index contributed by atoms with van der Waals surface area (Å²) in [6.07, 6.45) is 3.60. The standard InChI is InChI=1S/C13H18N4O2S/c1-10-8-15-17(9-10)6-5-16-20(18,19)13-4-3-12(14)7-11(13)2/h3-4,7-9,16H,5-6,14H2,1-2H3. The molecule has 0 saturated heterocycles. The molecule has 0 radical (unpaired) electrons. The molecule has 0 saturated carbocycles. The van der Waals surface area contributed by atoms with Crippen molar-refractivity contribution < 1.29 is 8.42 Å². The minimum Gasteiger partial charge on any atom is -0.399 e. The maximum absolute atomic E-state index is 12.2. The molecule has 1 heterocycles. The van der Waals surface area contributed by atoms with Crippen LogP contribution in [0.3, 0.4) is 0 Å². The highest BCUT2D eigenvalue weighted by Crippen LogP contribution is 2.17. The Labute approximate surface area is 118 Å². The number of anilines is 1. The van der Waals surface area contributed by atoms with Gasteiger partial charge in [-0.3, -0.25) is 4.68 Å². The van der Waals surface area contributed by atoms with E-state index < -0.39 is 10.0 Å². The monoisotopic (exact) mass is 294 g/mol. The van der Waals surface area contributed by atoms with E-state index in [1.807, 2.05) is 13.1 Å². The number of benzene rings is 1. The Morgan fingerprint density at radius 3 is 2.70 bits per heavy atom. The highest BCUT2D eigenvalue weighted by Gasteiger charge is 2.16. The molecular weight excluding hydrogens is 276 g/mol. The van der Waals surface area contributed by atoms with Crippen LogP contribution in [0.25, 0.3) is 0 Å². The number of nitrogens with zero attached hydrogens (tertiary/aromatic N) is 2. The number of hydrogen-bond donors (Lipinski definition) is 2. The molecule has 0 atom stereocenters. The first kappa shape index (κ1) is 14.5. The van der Waals surface area contributed by atoms with Crippen molar-refractivity contribution in [1.82, 2.24) is 14.5 Å². The minimum absolute atomic E-state index is 0.253. The Morgan fingerprint density at radius 1 is 1.35 bits per heavy atom. The lowest BCUT2D eigenvalue weighted by atomic mass is 10.2. The van der Waals surface area contributed by atoms with E-state index in [1.165, 1.54) is 6.07 Å². The van der Waals surface area contributed by atoms with Crippen LogP contribution in [0.5, 0.6) is 0 Å². The molecule has 0 aliphatic carbocycles. The third kappa shape index (κ3) is 3.37. The van der Waals surface area contributed by atoms with E-state index in [0.717, 1.165) is 5.56 Å². The number of sulfonamides is 1. The second kappa shape index (κ2) is 5.64. The van der Waals surface area contributed by atoms with Crippen molar-refractivity contribution in [2.75, 3.05) is 12.3 Å². The van der Waals surface area contributed by atoms with Gasteiger partial charge in [-0.1, -0.05) is 0 Å². The van der Waals surface area contributed by atoms with Crippen LogP contribution in [0, 0.1) is 13.8 Å². The van der Waals surface area contributed by atoms with Gasteiger partial charge in [0.25, 0.3) is 0 Å². The summed E-state index contributed by atoms with van der Waals surface area (Å²) in [5, 5.41) is 4.10. The predicted molar refractivity (Wildman–Crippen MR) is 77.7 cm³/mol. The maximum atomic E-state index is 12.2. The highest BCUT2D eigenvalue weighted by molar-refractivity contribution is 7.89. The van der Waals surface area contributed by atoms with Crippen LogP contribution >= 0.6 is 0 Å².